The van der Waals surface area contributed by atoms with Gasteiger partial charge >= 0.3 is 0 Å². The van der Waals surface area contributed by atoms with Crippen LogP contribution in [0, 0.1) is 11.5 Å². The summed E-state index contributed by atoms with van der Waals surface area (Å²) < 4.78 is 0. The summed E-state index contributed by atoms with van der Waals surface area (Å²) >= 11 is 0. The molecule has 0 fully saturated rings. The number of aliphatic imine (C=N–C) groups is 1. The van der Waals surface area contributed by atoms with Crippen LogP contribution in [0.2, 0.25) is 0 Å². The van der Waals surface area contributed by atoms with E-state index in [4.69, 9.17) is 5.26 Å². The molecular formula is C10H12N4. The first kappa shape index (κ1) is 10.2. The van der Waals surface area contributed by atoms with Crippen LogP contribution in [0.5, 0.6) is 0 Å². The third-order valence-corrected chi connectivity index (χ3v) is 1.50. The Hall–Kier alpha value is -1.89. The molecule has 0 radical (unpaired) electrons. The number of pyridine rings is 1. The van der Waals surface area contributed by atoms with Gasteiger partial charge in [0.1, 0.15) is 5.84 Å². The predicted octanol–water partition coefficient (Wildman–Crippen LogP) is 1.31. The van der Waals surface area contributed by atoms with Crippen molar-refractivity contribution in [2.75, 3.05) is 0 Å². The molecule has 0 amide bonds. The Bertz CT molecular complexity index is 348. The molecule has 72 valence electrons. The van der Waals surface area contributed by atoms with Crippen molar-refractivity contribution in [1.29, 1.82) is 5.26 Å². The van der Waals surface area contributed by atoms with Gasteiger partial charge in [-0.3, -0.25) is 15.3 Å². The van der Waals surface area contributed by atoms with Crippen molar-refractivity contribution in [2.24, 2.45) is 4.99 Å². The molecule has 0 spiro atoms. The second-order valence-electron chi connectivity index (χ2n) is 3.05. The van der Waals surface area contributed by atoms with Gasteiger partial charge < -0.3 is 0 Å². The van der Waals surface area contributed by atoms with Gasteiger partial charge in [-0.15, -0.1) is 0 Å². The first-order valence-corrected chi connectivity index (χ1v) is 4.37. The maximum Gasteiger partial charge on any atom is 0.182 e. The number of nitrogens with zero attached hydrogens (tertiary/aromatic N) is 3. The molecule has 0 atom stereocenters. The second-order valence-corrected chi connectivity index (χ2v) is 3.05. The Morgan fingerprint density at radius 2 is 2.43 bits per heavy atom. The highest BCUT2D eigenvalue weighted by Gasteiger charge is 2.02. The lowest BCUT2D eigenvalue weighted by molar-refractivity contribution is 0.829. The number of hydrogen-bond acceptors (Lipinski definition) is 3. The lowest BCUT2D eigenvalue weighted by Gasteiger charge is -2.05. The average molecular weight is 188 g/mol. The minimum atomic E-state index is 0.144. The van der Waals surface area contributed by atoms with Crippen LogP contribution in [-0.2, 0) is 0 Å². The fourth-order valence-electron chi connectivity index (χ4n) is 0.993. The van der Waals surface area contributed by atoms with Crippen LogP contribution in [0.3, 0.4) is 0 Å². The van der Waals surface area contributed by atoms with Gasteiger partial charge in [-0.2, -0.15) is 5.26 Å². The maximum atomic E-state index is 8.55. The summed E-state index contributed by atoms with van der Waals surface area (Å²) in [5.41, 5.74) is 0.822. The van der Waals surface area contributed by atoms with E-state index < -0.39 is 0 Å². The molecule has 1 heterocycles. The van der Waals surface area contributed by atoms with Gasteiger partial charge in [0, 0.05) is 24.0 Å². The largest absolute Gasteiger partial charge is 0.277 e. The highest BCUT2D eigenvalue weighted by molar-refractivity contribution is 5.99. The standard InChI is InChI=1S/C10H12N4/c1-8(2)14-10(13-7-11)9-4-3-5-12-6-9/h3-6,8H,1-2H3,(H,13,14). The van der Waals surface area contributed by atoms with Crippen LogP contribution in [0.15, 0.2) is 29.5 Å². The molecule has 1 N–H and O–H groups in total. The Kier molecular flexibility index (Phi) is 3.62. The molecule has 0 aromatic carbocycles. The molecule has 1 aromatic rings. The second kappa shape index (κ2) is 4.97. The lowest BCUT2D eigenvalue weighted by Crippen LogP contribution is -2.20. The third-order valence-electron chi connectivity index (χ3n) is 1.50. The number of aromatic nitrogens is 1. The topological polar surface area (TPSA) is 61.1 Å². The summed E-state index contributed by atoms with van der Waals surface area (Å²) in [6.45, 7) is 3.91. The molecule has 1 rings (SSSR count). The Labute approximate surface area is 83.3 Å². The zero-order chi connectivity index (χ0) is 10.4. The van der Waals surface area contributed by atoms with E-state index in [1.807, 2.05) is 32.2 Å². The number of nitrogens with one attached hydrogen (secondary N) is 1. The van der Waals surface area contributed by atoms with Crippen LogP contribution >= 0.6 is 0 Å². The quantitative estimate of drug-likeness (QED) is 0.329. The van der Waals surface area contributed by atoms with Crippen LogP contribution in [0.1, 0.15) is 19.4 Å². The normalized spacial score (nSPS) is 11.1. The molecule has 4 heteroatoms. The molecule has 0 saturated heterocycles. The summed E-state index contributed by atoms with van der Waals surface area (Å²) in [5.74, 6) is 0.565. The van der Waals surface area contributed by atoms with Crippen molar-refractivity contribution in [3.8, 4) is 6.19 Å². The zero-order valence-electron chi connectivity index (χ0n) is 8.23. The Balaban J connectivity index is 2.96. The summed E-state index contributed by atoms with van der Waals surface area (Å²) in [4.78, 5) is 8.24. The van der Waals surface area contributed by atoms with Crippen molar-refractivity contribution < 1.29 is 0 Å². The van der Waals surface area contributed by atoms with Crippen molar-refractivity contribution in [3.63, 3.8) is 0 Å². The van der Waals surface area contributed by atoms with Crippen molar-refractivity contribution in [2.45, 2.75) is 19.9 Å². The van der Waals surface area contributed by atoms with Gasteiger partial charge in [0.2, 0.25) is 0 Å². The Morgan fingerprint density at radius 1 is 1.64 bits per heavy atom. The molecular weight excluding hydrogens is 176 g/mol. The fraction of sp³-hybridized carbons (Fsp3) is 0.300. The average Bonchev–Trinajstić information content (AvgIpc) is 2.18. The zero-order valence-corrected chi connectivity index (χ0v) is 8.23. The van der Waals surface area contributed by atoms with Gasteiger partial charge in [0.25, 0.3) is 0 Å². The highest BCUT2D eigenvalue weighted by atomic mass is 15.0. The lowest BCUT2D eigenvalue weighted by atomic mass is 10.2. The molecule has 0 unspecified atom stereocenters. The molecule has 4 nitrogen and oxygen atoms in total. The SMILES string of the molecule is CC(C)N=C(NC#N)c1cccnc1. The number of rotatable bonds is 2. The van der Waals surface area contributed by atoms with Gasteiger partial charge in [0.05, 0.1) is 0 Å². The molecule has 0 aliphatic rings. The van der Waals surface area contributed by atoms with E-state index >= 15 is 0 Å². The summed E-state index contributed by atoms with van der Waals surface area (Å²) in [5, 5.41) is 11.1. The van der Waals surface area contributed by atoms with Crippen molar-refractivity contribution >= 4 is 5.84 Å². The van der Waals surface area contributed by atoms with Gasteiger partial charge in [-0.1, -0.05) is 0 Å². The highest BCUT2D eigenvalue weighted by Crippen LogP contribution is 1.99. The number of nitriles is 1. The minimum absolute atomic E-state index is 0.144. The molecule has 0 saturated carbocycles. The number of amidine groups is 1. The molecule has 0 bridgehead atoms. The van der Waals surface area contributed by atoms with Gasteiger partial charge in [0.15, 0.2) is 6.19 Å². The number of hydrogen-bond donors (Lipinski definition) is 1. The maximum absolute atomic E-state index is 8.55. The van der Waals surface area contributed by atoms with Crippen molar-refractivity contribution in [3.05, 3.63) is 30.1 Å². The summed E-state index contributed by atoms with van der Waals surface area (Å²) in [6, 6.07) is 3.81. The van der Waals surface area contributed by atoms with E-state index in [0.29, 0.717) is 5.84 Å². The molecule has 14 heavy (non-hydrogen) atoms. The molecule has 0 aliphatic heterocycles. The predicted molar refractivity (Wildman–Crippen MR) is 54.7 cm³/mol. The monoisotopic (exact) mass is 188 g/mol. The van der Waals surface area contributed by atoms with Crippen LogP contribution in [0.4, 0.5) is 0 Å². The molecule has 1 aromatic heterocycles. The van der Waals surface area contributed by atoms with Gasteiger partial charge in [-0.25, -0.2) is 0 Å². The van der Waals surface area contributed by atoms with Crippen LogP contribution < -0.4 is 5.32 Å². The van der Waals surface area contributed by atoms with E-state index in [0.717, 1.165) is 5.56 Å². The van der Waals surface area contributed by atoms with Crippen molar-refractivity contribution in [1.82, 2.24) is 10.3 Å². The minimum Gasteiger partial charge on any atom is -0.277 e. The fourth-order valence-corrected chi connectivity index (χ4v) is 0.993. The van der Waals surface area contributed by atoms with E-state index in [-0.39, 0.29) is 6.04 Å². The first-order chi connectivity index (χ1) is 6.74. The van der Waals surface area contributed by atoms with E-state index in [1.54, 1.807) is 12.4 Å². The Morgan fingerprint density at radius 3 is 2.93 bits per heavy atom. The first-order valence-electron chi connectivity index (χ1n) is 4.37. The van der Waals surface area contributed by atoms with E-state index in [1.165, 1.54) is 0 Å². The molecule has 0 aliphatic carbocycles. The smallest absolute Gasteiger partial charge is 0.182 e. The van der Waals surface area contributed by atoms with Crippen LogP contribution in [-0.4, -0.2) is 16.9 Å². The third kappa shape index (κ3) is 2.87. The summed E-state index contributed by atoms with van der Waals surface area (Å²) in [6.07, 6.45) is 5.22. The van der Waals surface area contributed by atoms with Crippen LogP contribution in [0.25, 0.3) is 0 Å². The van der Waals surface area contributed by atoms with E-state index in [9.17, 15) is 0 Å². The van der Waals surface area contributed by atoms with E-state index in [2.05, 4.69) is 15.3 Å². The summed E-state index contributed by atoms with van der Waals surface area (Å²) in [7, 11) is 0. The van der Waals surface area contributed by atoms with Gasteiger partial charge in [-0.05, 0) is 26.0 Å².